The van der Waals surface area contributed by atoms with Gasteiger partial charge in [0.05, 0.1) is 12.9 Å². The number of nitrogens with zero attached hydrogens (tertiary/aromatic N) is 2. The number of hydrogen-bond donors (Lipinski definition) is 1. The Labute approximate surface area is 151 Å². The summed E-state index contributed by atoms with van der Waals surface area (Å²) in [6.45, 7) is 1.93. The number of carbonyl (C=O) groups is 1. The maximum Gasteiger partial charge on any atom is 0.222 e. The van der Waals surface area contributed by atoms with Gasteiger partial charge in [0, 0.05) is 38.0 Å². The summed E-state index contributed by atoms with van der Waals surface area (Å²) in [5.74, 6) is 1.01. The molecule has 0 radical (unpaired) electrons. The Morgan fingerprint density at radius 3 is 2.52 bits per heavy atom. The van der Waals surface area contributed by atoms with Gasteiger partial charge < -0.3 is 10.0 Å². The number of aliphatic hydroxyl groups excluding tert-OH is 1. The minimum absolute atomic E-state index is 0.0594. The second-order valence-corrected chi connectivity index (χ2v) is 10.4. The number of amides is 1. The highest BCUT2D eigenvalue weighted by Gasteiger charge is 2.52. The van der Waals surface area contributed by atoms with E-state index in [2.05, 4.69) is 0 Å². The maximum absolute atomic E-state index is 12.7. The van der Waals surface area contributed by atoms with Gasteiger partial charge in [-0.1, -0.05) is 32.1 Å². The van der Waals surface area contributed by atoms with E-state index >= 15 is 0 Å². The molecule has 25 heavy (non-hydrogen) atoms. The van der Waals surface area contributed by atoms with E-state index in [1.165, 1.54) is 42.7 Å². The third-order valence-electron chi connectivity index (χ3n) is 6.66. The zero-order valence-corrected chi connectivity index (χ0v) is 16.1. The first kappa shape index (κ1) is 19.1. The van der Waals surface area contributed by atoms with E-state index in [0.29, 0.717) is 38.5 Å². The van der Waals surface area contributed by atoms with E-state index < -0.39 is 15.4 Å². The van der Waals surface area contributed by atoms with Gasteiger partial charge >= 0.3 is 0 Å². The van der Waals surface area contributed by atoms with Crippen molar-refractivity contribution in [3.63, 3.8) is 0 Å². The first-order valence-electron chi connectivity index (χ1n) is 9.68. The van der Waals surface area contributed by atoms with Gasteiger partial charge in [0.2, 0.25) is 15.9 Å². The topological polar surface area (TPSA) is 77.9 Å². The van der Waals surface area contributed by atoms with Crippen molar-refractivity contribution < 1.29 is 18.3 Å². The molecule has 144 valence electrons. The molecule has 1 amide bonds. The highest BCUT2D eigenvalue weighted by Crippen LogP contribution is 2.43. The molecule has 2 saturated heterocycles. The maximum atomic E-state index is 12.7. The molecule has 1 N–H and O–H groups in total. The third kappa shape index (κ3) is 4.19. The van der Waals surface area contributed by atoms with Gasteiger partial charge in [0.25, 0.3) is 0 Å². The van der Waals surface area contributed by atoms with E-state index in [0.717, 1.165) is 12.8 Å². The second-order valence-electron chi connectivity index (χ2n) is 8.42. The average molecular weight is 373 g/mol. The molecule has 0 spiro atoms. The molecule has 1 saturated carbocycles. The molecular weight excluding hydrogens is 340 g/mol. The van der Waals surface area contributed by atoms with Crippen molar-refractivity contribution in [3.8, 4) is 0 Å². The Morgan fingerprint density at radius 1 is 1.16 bits per heavy atom. The SMILES string of the molecule is CS(=O)(=O)N1C[C@@H]2CCN(C(=O)CCC3CCCCC3)C[C@]2(CO)C1. The molecular formula is C18H32N2O4S. The summed E-state index contributed by atoms with van der Waals surface area (Å²) < 4.78 is 25.3. The minimum Gasteiger partial charge on any atom is -0.396 e. The van der Waals surface area contributed by atoms with Gasteiger partial charge in [0.1, 0.15) is 0 Å². The van der Waals surface area contributed by atoms with Crippen LogP contribution in [0.5, 0.6) is 0 Å². The second kappa shape index (κ2) is 7.53. The summed E-state index contributed by atoms with van der Waals surface area (Å²) in [5, 5.41) is 10.0. The Bertz CT molecular complexity index is 588. The van der Waals surface area contributed by atoms with Gasteiger partial charge in [-0.05, 0) is 24.7 Å². The van der Waals surface area contributed by atoms with E-state index in [1.54, 1.807) is 0 Å². The lowest BCUT2D eigenvalue weighted by Gasteiger charge is -2.43. The Hall–Kier alpha value is -0.660. The normalized spacial score (nSPS) is 31.9. The zero-order chi connectivity index (χ0) is 18.1. The molecule has 0 aromatic rings. The van der Waals surface area contributed by atoms with Crippen molar-refractivity contribution in [2.75, 3.05) is 39.0 Å². The monoisotopic (exact) mass is 372 g/mol. The highest BCUT2D eigenvalue weighted by atomic mass is 32.2. The van der Waals surface area contributed by atoms with Crippen molar-refractivity contribution in [3.05, 3.63) is 0 Å². The van der Waals surface area contributed by atoms with Crippen LogP contribution in [0.1, 0.15) is 51.4 Å². The van der Waals surface area contributed by atoms with Gasteiger partial charge in [-0.3, -0.25) is 4.79 Å². The fourth-order valence-corrected chi connectivity index (χ4v) is 5.93. The standard InChI is InChI=1S/C18H32N2O4S/c1-25(23,24)20-11-16-9-10-19(12-18(16,13-20)14-21)17(22)8-7-15-5-3-2-4-6-15/h15-16,21H,2-14H2,1H3/t16-,18+/m0/s1. The number of rotatable bonds is 5. The van der Waals surface area contributed by atoms with Crippen molar-refractivity contribution in [1.29, 1.82) is 0 Å². The predicted molar refractivity (Wildman–Crippen MR) is 96.4 cm³/mol. The van der Waals surface area contributed by atoms with E-state index in [1.807, 2.05) is 4.90 Å². The van der Waals surface area contributed by atoms with Crippen molar-refractivity contribution in [2.24, 2.45) is 17.3 Å². The molecule has 3 aliphatic rings. The van der Waals surface area contributed by atoms with Gasteiger partial charge in [-0.2, -0.15) is 0 Å². The van der Waals surface area contributed by atoms with Gasteiger partial charge in [0.15, 0.2) is 0 Å². The first-order chi connectivity index (χ1) is 11.8. The van der Waals surface area contributed by atoms with Crippen LogP contribution in [0.3, 0.4) is 0 Å². The molecule has 3 fully saturated rings. The lowest BCUT2D eigenvalue weighted by Crippen LogP contribution is -2.52. The Balaban J connectivity index is 1.59. The van der Waals surface area contributed by atoms with Crippen LogP contribution in [0.25, 0.3) is 0 Å². The van der Waals surface area contributed by atoms with E-state index in [4.69, 9.17) is 0 Å². The third-order valence-corrected chi connectivity index (χ3v) is 7.88. The quantitative estimate of drug-likeness (QED) is 0.792. The number of hydrogen-bond acceptors (Lipinski definition) is 4. The average Bonchev–Trinajstić information content (AvgIpc) is 3.00. The van der Waals surface area contributed by atoms with Crippen molar-refractivity contribution in [2.45, 2.75) is 51.4 Å². The molecule has 6 nitrogen and oxygen atoms in total. The van der Waals surface area contributed by atoms with Crippen LogP contribution < -0.4 is 0 Å². The van der Waals surface area contributed by atoms with Crippen LogP contribution in [0.15, 0.2) is 0 Å². The van der Waals surface area contributed by atoms with Crippen LogP contribution in [-0.4, -0.2) is 67.7 Å². The molecule has 7 heteroatoms. The van der Waals surface area contributed by atoms with Crippen molar-refractivity contribution >= 4 is 15.9 Å². The fraction of sp³-hybridized carbons (Fsp3) is 0.944. The molecule has 1 aliphatic carbocycles. The smallest absolute Gasteiger partial charge is 0.222 e. The molecule has 2 aliphatic heterocycles. The molecule has 0 unspecified atom stereocenters. The number of sulfonamides is 1. The molecule has 0 aromatic carbocycles. The Kier molecular flexibility index (Phi) is 5.75. The van der Waals surface area contributed by atoms with Crippen LogP contribution in [0, 0.1) is 17.3 Å². The molecule has 2 heterocycles. The molecule has 0 bridgehead atoms. The lowest BCUT2D eigenvalue weighted by atomic mass is 9.74. The summed E-state index contributed by atoms with van der Waals surface area (Å²) in [5.41, 5.74) is -0.484. The van der Waals surface area contributed by atoms with Crippen LogP contribution in [-0.2, 0) is 14.8 Å². The van der Waals surface area contributed by atoms with Gasteiger partial charge in [-0.15, -0.1) is 0 Å². The minimum atomic E-state index is -3.25. The molecule has 2 atom stereocenters. The number of fused-ring (bicyclic) bond motifs is 1. The van der Waals surface area contributed by atoms with Crippen LogP contribution in [0.2, 0.25) is 0 Å². The first-order valence-corrected chi connectivity index (χ1v) is 11.5. The van der Waals surface area contributed by atoms with Crippen LogP contribution in [0.4, 0.5) is 0 Å². The fourth-order valence-electron chi connectivity index (χ4n) is 4.99. The summed E-state index contributed by atoms with van der Waals surface area (Å²) >= 11 is 0. The largest absolute Gasteiger partial charge is 0.396 e. The number of carbonyl (C=O) groups excluding carboxylic acids is 1. The zero-order valence-electron chi connectivity index (χ0n) is 15.3. The Morgan fingerprint density at radius 2 is 1.88 bits per heavy atom. The van der Waals surface area contributed by atoms with Crippen LogP contribution >= 0.6 is 0 Å². The van der Waals surface area contributed by atoms with E-state index in [-0.39, 0.29) is 18.4 Å². The predicted octanol–water partition coefficient (Wildman–Crippen LogP) is 1.45. The summed E-state index contributed by atoms with van der Waals surface area (Å²) in [6, 6.07) is 0. The number of aliphatic hydroxyl groups is 1. The summed E-state index contributed by atoms with van der Waals surface area (Å²) in [7, 11) is -3.25. The van der Waals surface area contributed by atoms with E-state index in [9.17, 15) is 18.3 Å². The summed E-state index contributed by atoms with van der Waals surface area (Å²) in [6.07, 6.45) is 9.97. The number of likely N-dealkylation sites (tertiary alicyclic amines) is 1. The number of piperidine rings is 1. The molecule has 0 aromatic heterocycles. The highest BCUT2D eigenvalue weighted by molar-refractivity contribution is 7.88. The molecule has 3 rings (SSSR count). The van der Waals surface area contributed by atoms with Crippen molar-refractivity contribution in [1.82, 2.24) is 9.21 Å². The summed E-state index contributed by atoms with van der Waals surface area (Å²) in [4.78, 5) is 14.6. The van der Waals surface area contributed by atoms with Gasteiger partial charge in [-0.25, -0.2) is 12.7 Å². The lowest BCUT2D eigenvalue weighted by molar-refractivity contribution is -0.136.